The molecular formula is C25H25ClN6O2. The summed E-state index contributed by atoms with van der Waals surface area (Å²) in [5, 5.41) is 3.86. The lowest BCUT2D eigenvalue weighted by molar-refractivity contribution is 0.0664. The first-order valence-electron chi connectivity index (χ1n) is 11.0. The van der Waals surface area contributed by atoms with E-state index in [0.29, 0.717) is 27.8 Å². The van der Waals surface area contributed by atoms with Crippen molar-refractivity contribution < 1.29 is 9.53 Å². The van der Waals surface area contributed by atoms with Crippen LogP contribution in [0.3, 0.4) is 0 Å². The van der Waals surface area contributed by atoms with Gasteiger partial charge >= 0.3 is 0 Å². The molecule has 3 heterocycles. The third kappa shape index (κ3) is 4.30. The summed E-state index contributed by atoms with van der Waals surface area (Å²) in [5.74, 6) is 1.31. The van der Waals surface area contributed by atoms with Gasteiger partial charge in [0.05, 0.1) is 24.0 Å². The highest BCUT2D eigenvalue weighted by Crippen LogP contribution is 2.31. The van der Waals surface area contributed by atoms with Crippen molar-refractivity contribution in [2.75, 3.05) is 45.7 Å². The van der Waals surface area contributed by atoms with Crippen LogP contribution in [0.25, 0.3) is 16.9 Å². The number of rotatable bonds is 5. The van der Waals surface area contributed by atoms with Crippen molar-refractivity contribution >= 4 is 34.7 Å². The van der Waals surface area contributed by atoms with Crippen molar-refractivity contribution in [3.63, 3.8) is 0 Å². The first kappa shape index (κ1) is 22.2. The minimum Gasteiger partial charge on any atom is -0.495 e. The standard InChI is InChI=1S/C25H25ClN6O2/c1-30-11-13-31(14-12-30)25(33)17-3-6-19(7-4-17)29-23-24-28-16-21(32(24)10-9-27-23)18-5-8-22(34-2)20(26)15-18/h3-10,15-16H,11-14H2,1-2H3,(H,27,29). The van der Waals surface area contributed by atoms with Crippen LogP contribution in [0, 0.1) is 0 Å². The largest absolute Gasteiger partial charge is 0.495 e. The van der Waals surface area contributed by atoms with Crippen molar-refractivity contribution in [2.45, 2.75) is 0 Å². The second kappa shape index (κ2) is 9.32. The molecule has 1 aliphatic rings. The number of benzene rings is 2. The maximum atomic E-state index is 12.8. The van der Waals surface area contributed by atoms with Gasteiger partial charge in [-0.25, -0.2) is 9.97 Å². The van der Waals surface area contributed by atoms with E-state index >= 15 is 0 Å². The topological polar surface area (TPSA) is 75.0 Å². The van der Waals surface area contributed by atoms with Crippen LogP contribution in [0.5, 0.6) is 5.75 Å². The molecule has 2 aromatic heterocycles. The second-order valence-electron chi connectivity index (χ2n) is 8.26. The number of halogens is 1. The number of fused-ring (bicyclic) bond motifs is 1. The Bertz CT molecular complexity index is 1330. The van der Waals surface area contributed by atoms with Gasteiger partial charge in [-0.2, -0.15) is 0 Å². The van der Waals surface area contributed by atoms with Gasteiger partial charge in [0.1, 0.15) is 5.75 Å². The number of piperazine rings is 1. The average Bonchev–Trinajstić information content (AvgIpc) is 3.30. The smallest absolute Gasteiger partial charge is 0.253 e. The van der Waals surface area contributed by atoms with E-state index in [-0.39, 0.29) is 5.91 Å². The number of carbonyl (C=O) groups is 1. The van der Waals surface area contributed by atoms with Gasteiger partial charge in [-0.15, -0.1) is 0 Å². The Balaban J connectivity index is 1.36. The van der Waals surface area contributed by atoms with Crippen molar-refractivity contribution in [2.24, 2.45) is 0 Å². The Labute approximate surface area is 202 Å². The van der Waals surface area contributed by atoms with Crippen LogP contribution in [0.15, 0.2) is 61.1 Å². The van der Waals surface area contributed by atoms with Gasteiger partial charge in [-0.1, -0.05) is 11.6 Å². The number of methoxy groups -OCH3 is 1. The molecule has 2 aromatic carbocycles. The Morgan fingerprint density at radius 1 is 1.06 bits per heavy atom. The van der Waals surface area contributed by atoms with Crippen LogP contribution < -0.4 is 10.1 Å². The lowest BCUT2D eigenvalue weighted by Crippen LogP contribution is -2.47. The number of likely N-dealkylation sites (N-methyl/N-ethyl adjacent to an activating group) is 1. The van der Waals surface area contributed by atoms with Crippen LogP contribution in [0.1, 0.15) is 10.4 Å². The molecule has 0 bridgehead atoms. The summed E-state index contributed by atoms with van der Waals surface area (Å²) in [6.45, 7) is 3.30. The highest BCUT2D eigenvalue weighted by molar-refractivity contribution is 6.32. The molecule has 1 aliphatic heterocycles. The van der Waals surface area contributed by atoms with Gasteiger partial charge < -0.3 is 19.9 Å². The van der Waals surface area contributed by atoms with Gasteiger partial charge in [0.2, 0.25) is 0 Å². The Kier molecular flexibility index (Phi) is 6.08. The fourth-order valence-electron chi connectivity index (χ4n) is 4.07. The zero-order valence-corrected chi connectivity index (χ0v) is 19.8. The maximum Gasteiger partial charge on any atom is 0.253 e. The van der Waals surface area contributed by atoms with Gasteiger partial charge in [0.15, 0.2) is 11.5 Å². The van der Waals surface area contributed by atoms with Crippen LogP contribution >= 0.6 is 11.6 Å². The number of hydrogen-bond acceptors (Lipinski definition) is 6. The van der Waals surface area contributed by atoms with E-state index in [1.54, 1.807) is 19.5 Å². The molecule has 5 rings (SSSR count). The summed E-state index contributed by atoms with van der Waals surface area (Å²) >= 11 is 6.32. The van der Waals surface area contributed by atoms with Crippen LogP contribution in [-0.2, 0) is 0 Å². The van der Waals surface area contributed by atoms with E-state index in [1.807, 2.05) is 58.0 Å². The number of nitrogens with zero attached hydrogens (tertiary/aromatic N) is 5. The van der Waals surface area contributed by atoms with E-state index in [1.165, 1.54) is 0 Å². The van der Waals surface area contributed by atoms with Crippen molar-refractivity contribution in [3.05, 3.63) is 71.6 Å². The van der Waals surface area contributed by atoms with E-state index in [2.05, 4.69) is 27.2 Å². The molecule has 0 atom stereocenters. The number of carbonyl (C=O) groups excluding carboxylic acids is 1. The van der Waals surface area contributed by atoms with Crippen LogP contribution in [0.4, 0.5) is 11.5 Å². The minimum atomic E-state index is 0.0657. The monoisotopic (exact) mass is 476 g/mol. The molecule has 0 radical (unpaired) electrons. The number of amides is 1. The molecule has 0 spiro atoms. The average molecular weight is 477 g/mol. The predicted molar refractivity (Wildman–Crippen MR) is 133 cm³/mol. The van der Waals surface area contributed by atoms with E-state index in [9.17, 15) is 4.79 Å². The Hall–Kier alpha value is -3.62. The number of nitrogens with one attached hydrogen (secondary N) is 1. The molecule has 9 heteroatoms. The van der Waals surface area contributed by atoms with Gasteiger partial charge in [-0.05, 0) is 49.5 Å². The van der Waals surface area contributed by atoms with E-state index in [0.717, 1.165) is 43.1 Å². The quantitative estimate of drug-likeness (QED) is 0.465. The molecule has 0 saturated carbocycles. The first-order chi connectivity index (χ1) is 16.5. The zero-order valence-electron chi connectivity index (χ0n) is 19.0. The molecule has 4 aromatic rings. The fraction of sp³-hybridized carbons (Fsp3) is 0.240. The number of hydrogen-bond donors (Lipinski definition) is 1. The van der Waals surface area contributed by atoms with Gasteiger partial charge in [0, 0.05) is 55.4 Å². The summed E-state index contributed by atoms with van der Waals surface area (Å²) in [7, 11) is 3.67. The molecule has 174 valence electrons. The Morgan fingerprint density at radius 2 is 1.82 bits per heavy atom. The first-order valence-corrected chi connectivity index (χ1v) is 11.4. The van der Waals surface area contributed by atoms with Crippen molar-refractivity contribution in [1.82, 2.24) is 24.2 Å². The number of imidazole rings is 1. The molecular weight excluding hydrogens is 452 g/mol. The highest BCUT2D eigenvalue weighted by atomic mass is 35.5. The maximum absolute atomic E-state index is 12.8. The van der Waals surface area contributed by atoms with E-state index in [4.69, 9.17) is 16.3 Å². The minimum absolute atomic E-state index is 0.0657. The van der Waals surface area contributed by atoms with Crippen LogP contribution in [-0.4, -0.2) is 70.4 Å². The zero-order chi connectivity index (χ0) is 23.7. The third-order valence-corrected chi connectivity index (χ3v) is 6.36. The van der Waals surface area contributed by atoms with Crippen LogP contribution in [0.2, 0.25) is 5.02 Å². The summed E-state index contributed by atoms with van der Waals surface area (Å²) in [6, 6.07) is 13.1. The summed E-state index contributed by atoms with van der Waals surface area (Å²) in [6.07, 6.45) is 5.37. The lowest BCUT2D eigenvalue weighted by atomic mass is 10.1. The summed E-state index contributed by atoms with van der Waals surface area (Å²) in [4.78, 5) is 26.0. The molecule has 0 aliphatic carbocycles. The second-order valence-corrected chi connectivity index (χ2v) is 8.67. The molecule has 1 amide bonds. The third-order valence-electron chi connectivity index (χ3n) is 6.06. The fourth-order valence-corrected chi connectivity index (χ4v) is 4.33. The number of ether oxygens (including phenoxy) is 1. The molecule has 34 heavy (non-hydrogen) atoms. The summed E-state index contributed by atoms with van der Waals surface area (Å²) < 4.78 is 7.21. The number of anilines is 2. The van der Waals surface area contributed by atoms with Gasteiger partial charge in [0.25, 0.3) is 5.91 Å². The molecule has 0 unspecified atom stereocenters. The van der Waals surface area contributed by atoms with E-state index < -0.39 is 0 Å². The molecule has 1 saturated heterocycles. The number of aromatic nitrogens is 3. The summed E-state index contributed by atoms with van der Waals surface area (Å²) in [5.41, 5.74) is 4.00. The van der Waals surface area contributed by atoms with Crippen molar-refractivity contribution in [3.8, 4) is 17.0 Å². The molecule has 1 N–H and O–H groups in total. The Morgan fingerprint density at radius 3 is 2.53 bits per heavy atom. The van der Waals surface area contributed by atoms with Gasteiger partial charge in [-0.3, -0.25) is 9.20 Å². The van der Waals surface area contributed by atoms with Crippen molar-refractivity contribution in [1.29, 1.82) is 0 Å². The molecule has 8 nitrogen and oxygen atoms in total. The predicted octanol–water partition coefficient (Wildman–Crippen LogP) is 4.19. The molecule has 1 fully saturated rings. The highest BCUT2D eigenvalue weighted by Gasteiger charge is 2.20. The normalized spacial score (nSPS) is 14.4. The lowest BCUT2D eigenvalue weighted by Gasteiger charge is -2.32. The SMILES string of the molecule is COc1ccc(-c2cnc3c(Nc4ccc(C(=O)N5CCN(C)CC5)cc4)nccn23)cc1Cl.